The normalized spacial score (nSPS) is 16.8. The Morgan fingerprint density at radius 1 is 1.17 bits per heavy atom. The largest absolute Gasteiger partial charge is 0.469 e. The number of carbonyl (C=O) groups is 1. The van der Waals surface area contributed by atoms with Crippen LogP contribution in [0.4, 0.5) is 14.6 Å². The van der Waals surface area contributed by atoms with Gasteiger partial charge in [-0.2, -0.15) is 0 Å². The third kappa shape index (κ3) is 3.52. The van der Waals surface area contributed by atoms with Gasteiger partial charge in [-0.1, -0.05) is 12.1 Å². The number of rotatable bonds is 3. The minimum atomic E-state index is -0.451. The highest BCUT2D eigenvalue weighted by atomic mass is 19.1. The van der Waals surface area contributed by atoms with Crippen LogP contribution in [0.5, 0.6) is 0 Å². The molecule has 5 nitrogen and oxygen atoms in total. The Hall–Kier alpha value is -3.09. The minimum Gasteiger partial charge on any atom is -0.469 e. The zero-order valence-corrected chi connectivity index (χ0v) is 16.3. The number of hydrogen-bond donors (Lipinski definition) is 0. The first-order valence-electron chi connectivity index (χ1n) is 9.52. The van der Waals surface area contributed by atoms with Crippen molar-refractivity contribution >= 4 is 22.7 Å². The van der Waals surface area contributed by atoms with Crippen LogP contribution in [-0.4, -0.2) is 36.1 Å². The predicted molar refractivity (Wildman–Crippen MR) is 107 cm³/mol. The van der Waals surface area contributed by atoms with Crippen molar-refractivity contribution in [1.29, 1.82) is 0 Å². The molecule has 1 unspecified atom stereocenters. The Morgan fingerprint density at radius 3 is 2.72 bits per heavy atom. The summed E-state index contributed by atoms with van der Waals surface area (Å²) in [5, 5.41) is 0.559. The van der Waals surface area contributed by atoms with Gasteiger partial charge in [-0.15, -0.1) is 0 Å². The molecule has 2 heterocycles. The van der Waals surface area contributed by atoms with Crippen LogP contribution in [0.3, 0.4) is 0 Å². The number of piperidine rings is 1. The molecular formula is C22H21F2N3O2. The molecular weight excluding hydrogens is 376 g/mol. The van der Waals surface area contributed by atoms with Crippen molar-refractivity contribution in [2.45, 2.75) is 19.8 Å². The average molecular weight is 397 g/mol. The predicted octanol–water partition coefficient (Wildman–Crippen LogP) is 4.27. The second-order valence-corrected chi connectivity index (χ2v) is 7.29. The van der Waals surface area contributed by atoms with Gasteiger partial charge in [0.15, 0.2) is 0 Å². The lowest BCUT2D eigenvalue weighted by Crippen LogP contribution is -2.39. The van der Waals surface area contributed by atoms with Crippen LogP contribution in [-0.2, 0) is 9.53 Å². The van der Waals surface area contributed by atoms with Crippen molar-refractivity contribution in [2.24, 2.45) is 5.92 Å². The highest BCUT2D eigenvalue weighted by molar-refractivity contribution is 6.02. The quantitative estimate of drug-likeness (QED) is 0.618. The first-order valence-corrected chi connectivity index (χ1v) is 9.52. The number of fused-ring (bicyclic) bond motifs is 1. The van der Waals surface area contributed by atoms with Crippen LogP contribution in [0.25, 0.3) is 22.0 Å². The van der Waals surface area contributed by atoms with Gasteiger partial charge < -0.3 is 9.64 Å². The standard InChI is InChI=1S/C22H21F2N3O2/c1-13-10-14(5-7-17(13)23)16-6-8-18(24)20-19(16)21(26-12-25-20)27-9-3-4-15(11-27)22(28)29-2/h5-8,10,12,15H,3-4,9,11H2,1-2H3. The van der Waals surface area contributed by atoms with Gasteiger partial charge in [0, 0.05) is 13.1 Å². The molecule has 0 aliphatic carbocycles. The topological polar surface area (TPSA) is 55.3 Å². The van der Waals surface area contributed by atoms with Gasteiger partial charge in [0.1, 0.15) is 29.3 Å². The number of ether oxygens (including phenoxy) is 1. The highest BCUT2D eigenvalue weighted by Gasteiger charge is 2.29. The maximum Gasteiger partial charge on any atom is 0.310 e. The molecule has 150 valence electrons. The van der Waals surface area contributed by atoms with E-state index < -0.39 is 5.82 Å². The highest BCUT2D eigenvalue weighted by Crippen LogP contribution is 2.36. The molecule has 1 aromatic heterocycles. The number of nitrogens with zero attached hydrogens (tertiary/aromatic N) is 3. The molecule has 1 fully saturated rings. The van der Waals surface area contributed by atoms with E-state index in [1.54, 1.807) is 25.1 Å². The van der Waals surface area contributed by atoms with Gasteiger partial charge in [0.2, 0.25) is 0 Å². The minimum absolute atomic E-state index is 0.203. The number of aromatic nitrogens is 2. The van der Waals surface area contributed by atoms with Crippen molar-refractivity contribution in [3.63, 3.8) is 0 Å². The number of aryl methyl sites for hydroxylation is 1. The van der Waals surface area contributed by atoms with E-state index in [0.717, 1.165) is 24.0 Å². The van der Waals surface area contributed by atoms with E-state index in [-0.39, 0.29) is 23.2 Å². The molecule has 0 amide bonds. The molecule has 2 aromatic carbocycles. The molecule has 0 saturated carbocycles. The summed E-state index contributed by atoms with van der Waals surface area (Å²) >= 11 is 0. The fraction of sp³-hybridized carbons (Fsp3) is 0.318. The van der Waals surface area contributed by atoms with Gasteiger partial charge in [0.05, 0.1) is 18.4 Å². The van der Waals surface area contributed by atoms with Crippen LogP contribution < -0.4 is 4.90 Å². The zero-order valence-electron chi connectivity index (χ0n) is 16.3. The van der Waals surface area contributed by atoms with Gasteiger partial charge in [-0.3, -0.25) is 4.79 Å². The number of benzene rings is 2. The number of methoxy groups -OCH3 is 1. The van der Waals surface area contributed by atoms with Crippen LogP contribution in [0, 0.1) is 24.5 Å². The van der Waals surface area contributed by atoms with Crippen molar-refractivity contribution < 1.29 is 18.3 Å². The molecule has 0 N–H and O–H groups in total. The van der Waals surface area contributed by atoms with E-state index in [9.17, 15) is 13.6 Å². The Labute approximate surface area is 167 Å². The first-order chi connectivity index (χ1) is 14.0. The van der Waals surface area contributed by atoms with E-state index in [1.807, 2.05) is 4.90 Å². The van der Waals surface area contributed by atoms with Crippen LogP contribution in [0.1, 0.15) is 18.4 Å². The smallest absolute Gasteiger partial charge is 0.310 e. The molecule has 1 saturated heterocycles. The Balaban J connectivity index is 1.88. The molecule has 1 atom stereocenters. The summed E-state index contributed by atoms with van der Waals surface area (Å²) in [7, 11) is 1.38. The van der Waals surface area contributed by atoms with E-state index in [1.165, 1.54) is 25.6 Å². The lowest BCUT2D eigenvalue weighted by Gasteiger charge is -2.33. The maximum absolute atomic E-state index is 14.6. The zero-order chi connectivity index (χ0) is 20.5. The molecule has 0 radical (unpaired) electrons. The average Bonchev–Trinajstić information content (AvgIpc) is 2.75. The number of hydrogen-bond acceptors (Lipinski definition) is 5. The SMILES string of the molecule is COC(=O)C1CCCN(c2ncnc3c(F)ccc(-c4ccc(F)c(C)c4)c23)C1. The van der Waals surface area contributed by atoms with Crippen molar-refractivity contribution in [3.05, 3.63) is 53.9 Å². The summed E-state index contributed by atoms with van der Waals surface area (Å²) in [5.74, 6) is -0.695. The lowest BCUT2D eigenvalue weighted by atomic mass is 9.96. The second-order valence-electron chi connectivity index (χ2n) is 7.29. The van der Waals surface area contributed by atoms with Gasteiger partial charge in [0.25, 0.3) is 0 Å². The molecule has 29 heavy (non-hydrogen) atoms. The molecule has 3 aromatic rings. The number of anilines is 1. The number of esters is 1. The molecule has 0 bridgehead atoms. The molecule has 1 aliphatic rings. The monoisotopic (exact) mass is 397 g/mol. The van der Waals surface area contributed by atoms with Crippen molar-refractivity contribution in [2.75, 3.05) is 25.1 Å². The Bertz CT molecular complexity index is 1090. The second kappa shape index (κ2) is 7.73. The van der Waals surface area contributed by atoms with Crippen molar-refractivity contribution in [3.8, 4) is 11.1 Å². The molecule has 7 heteroatoms. The summed E-state index contributed by atoms with van der Waals surface area (Å²) in [4.78, 5) is 22.6. The number of halogens is 2. The van der Waals surface area contributed by atoms with Gasteiger partial charge >= 0.3 is 5.97 Å². The first kappa shape index (κ1) is 19.2. The van der Waals surface area contributed by atoms with E-state index in [0.29, 0.717) is 29.9 Å². The fourth-order valence-electron chi connectivity index (χ4n) is 3.95. The summed E-state index contributed by atoms with van der Waals surface area (Å²) in [5.41, 5.74) is 2.18. The summed E-state index contributed by atoms with van der Waals surface area (Å²) in [6.07, 6.45) is 2.87. The molecule has 0 spiro atoms. The van der Waals surface area contributed by atoms with E-state index in [4.69, 9.17) is 4.74 Å². The van der Waals surface area contributed by atoms with Crippen LogP contribution >= 0.6 is 0 Å². The van der Waals surface area contributed by atoms with Crippen molar-refractivity contribution in [1.82, 2.24) is 9.97 Å². The van der Waals surface area contributed by atoms with Gasteiger partial charge in [-0.05, 0) is 54.7 Å². The Morgan fingerprint density at radius 2 is 1.97 bits per heavy atom. The Kier molecular flexibility index (Phi) is 5.13. The molecule has 4 rings (SSSR count). The van der Waals surface area contributed by atoms with Crippen LogP contribution in [0.15, 0.2) is 36.7 Å². The van der Waals surface area contributed by atoms with E-state index in [2.05, 4.69) is 9.97 Å². The molecule has 1 aliphatic heterocycles. The third-order valence-electron chi connectivity index (χ3n) is 5.44. The van der Waals surface area contributed by atoms with E-state index >= 15 is 0 Å². The van der Waals surface area contributed by atoms with Gasteiger partial charge in [-0.25, -0.2) is 18.7 Å². The fourth-order valence-corrected chi connectivity index (χ4v) is 3.95. The summed E-state index contributed by atoms with van der Waals surface area (Å²) in [6, 6.07) is 7.82. The lowest BCUT2D eigenvalue weighted by molar-refractivity contribution is -0.145. The van der Waals surface area contributed by atoms with Crippen LogP contribution in [0.2, 0.25) is 0 Å². The third-order valence-corrected chi connectivity index (χ3v) is 5.44. The summed E-state index contributed by atoms with van der Waals surface area (Å²) < 4.78 is 33.3. The summed E-state index contributed by atoms with van der Waals surface area (Å²) in [6.45, 7) is 2.82. The maximum atomic E-state index is 14.6. The number of carbonyl (C=O) groups excluding carboxylic acids is 1.